The summed E-state index contributed by atoms with van der Waals surface area (Å²) < 4.78 is 0. The van der Waals surface area contributed by atoms with Crippen LogP contribution in [0.5, 0.6) is 0 Å². The predicted octanol–water partition coefficient (Wildman–Crippen LogP) is 2.48. The standard InChI is InChI=1S/C15H21N3/c1-17(2)9-6-12-11-16-15-5-4-13(10-14(12)15)18-7-3-8-18/h4-5,10-11,16H,3,6-9H2,1-2H3. The number of aromatic nitrogens is 1. The van der Waals surface area contributed by atoms with Crippen LogP contribution in [0.15, 0.2) is 24.4 Å². The molecule has 1 aliphatic heterocycles. The quantitative estimate of drug-likeness (QED) is 0.891. The molecule has 3 nitrogen and oxygen atoms in total. The van der Waals surface area contributed by atoms with Crippen molar-refractivity contribution in [3.8, 4) is 0 Å². The van der Waals surface area contributed by atoms with Crippen LogP contribution in [0.4, 0.5) is 5.69 Å². The van der Waals surface area contributed by atoms with Gasteiger partial charge < -0.3 is 14.8 Å². The monoisotopic (exact) mass is 243 g/mol. The summed E-state index contributed by atoms with van der Waals surface area (Å²) in [5, 5.41) is 1.39. The zero-order valence-corrected chi connectivity index (χ0v) is 11.2. The van der Waals surface area contributed by atoms with Crippen LogP contribution >= 0.6 is 0 Å². The maximum absolute atomic E-state index is 3.38. The minimum Gasteiger partial charge on any atom is -0.371 e. The van der Waals surface area contributed by atoms with E-state index in [2.05, 4.69) is 53.3 Å². The fourth-order valence-corrected chi connectivity index (χ4v) is 2.49. The molecule has 3 rings (SSSR count). The second kappa shape index (κ2) is 4.65. The highest BCUT2D eigenvalue weighted by Crippen LogP contribution is 2.27. The summed E-state index contributed by atoms with van der Waals surface area (Å²) in [7, 11) is 4.25. The highest BCUT2D eigenvalue weighted by atomic mass is 15.2. The Balaban J connectivity index is 1.89. The fraction of sp³-hybridized carbons (Fsp3) is 0.467. The van der Waals surface area contributed by atoms with Crippen LogP contribution < -0.4 is 4.90 Å². The summed E-state index contributed by atoms with van der Waals surface area (Å²) in [5.74, 6) is 0. The smallest absolute Gasteiger partial charge is 0.0458 e. The van der Waals surface area contributed by atoms with E-state index in [1.165, 1.54) is 41.7 Å². The third-order valence-corrected chi connectivity index (χ3v) is 3.80. The van der Waals surface area contributed by atoms with Crippen molar-refractivity contribution in [2.75, 3.05) is 38.6 Å². The van der Waals surface area contributed by atoms with Crippen LogP contribution in [-0.4, -0.2) is 43.6 Å². The summed E-state index contributed by atoms with van der Waals surface area (Å²) >= 11 is 0. The van der Waals surface area contributed by atoms with E-state index in [0.717, 1.165) is 13.0 Å². The molecule has 0 amide bonds. The first-order chi connectivity index (χ1) is 8.74. The summed E-state index contributed by atoms with van der Waals surface area (Å²) in [6, 6.07) is 6.78. The molecule has 1 saturated heterocycles. The molecule has 1 aliphatic rings. The minimum absolute atomic E-state index is 1.10. The highest BCUT2D eigenvalue weighted by Gasteiger charge is 2.15. The number of hydrogen-bond donors (Lipinski definition) is 1. The lowest BCUT2D eigenvalue weighted by Crippen LogP contribution is -2.36. The van der Waals surface area contributed by atoms with E-state index in [1.807, 2.05) is 0 Å². The maximum Gasteiger partial charge on any atom is 0.0458 e. The Bertz CT molecular complexity index is 538. The van der Waals surface area contributed by atoms with Gasteiger partial charge in [0.2, 0.25) is 0 Å². The highest BCUT2D eigenvalue weighted by molar-refractivity contribution is 5.86. The van der Waals surface area contributed by atoms with Gasteiger partial charge in [-0.3, -0.25) is 0 Å². The fourth-order valence-electron chi connectivity index (χ4n) is 2.49. The zero-order valence-electron chi connectivity index (χ0n) is 11.2. The Morgan fingerprint density at radius 1 is 1.28 bits per heavy atom. The van der Waals surface area contributed by atoms with Gasteiger partial charge >= 0.3 is 0 Å². The number of hydrogen-bond acceptors (Lipinski definition) is 2. The van der Waals surface area contributed by atoms with Gasteiger partial charge in [-0.25, -0.2) is 0 Å². The molecule has 0 unspecified atom stereocenters. The second-order valence-electron chi connectivity index (χ2n) is 5.44. The van der Waals surface area contributed by atoms with Gasteiger partial charge in [-0.05, 0) is 50.7 Å². The van der Waals surface area contributed by atoms with Crippen LogP contribution in [0.3, 0.4) is 0 Å². The molecule has 2 heterocycles. The van der Waals surface area contributed by atoms with Crippen molar-refractivity contribution < 1.29 is 0 Å². The van der Waals surface area contributed by atoms with Crippen LogP contribution in [0.25, 0.3) is 10.9 Å². The molecule has 96 valence electrons. The van der Waals surface area contributed by atoms with Gasteiger partial charge in [-0.1, -0.05) is 0 Å². The number of fused-ring (bicyclic) bond motifs is 1. The van der Waals surface area contributed by atoms with E-state index in [-0.39, 0.29) is 0 Å². The van der Waals surface area contributed by atoms with Gasteiger partial charge in [0.15, 0.2) is 0 Å². The van der Waals surface area contributed by atoms with E-state index in [4.69, 9.17) is 0 Å². The number of H-pyrrole nitrogens is 1. The third-order valence-electron chi connectivity index (χ3n) is 3.80. The number of aromatic amines is 1. The molecule has 1 aromatic heterocycles. The van der Waals surface area contributed by atoms with Gasteiger partial charge in [0.25, 0.3) is 0 Å². The summed E-state index contributed by atoms with van der Waals surface area (Å²) in [4.78, 5) is 8.06. The second-order valence-corrected chi connectivity index (χ2v) is 5.44. The van der Waals surface area contributed by atoms with E-state index in [9.17, 15) is 0 Å². The Morgan fingerprint density at radius 2 is 2.11 bits per heavy atom. The number of anilines is 1. The molecular weight excluding hydrogens is 222 g/mol. The van der Waals surface area contributed by atoms with E-state index < -0.39 is 0 Å². The van der Waals surface area contributed by atoms with Gasteiger partial charge in [0, 0.05) is 42.4 Å². The maximum atomic E-state index is 3.38. The van der Waals surface area contributed by atoms with Crippen LogP contribution in [0.1, 0.15) is 12.0 Å². The largest absolute Gasteiger partial charge is 0.371 e. The Morgan fingerprint density at radius 3 is 2.78 bits per heavy atom. The molecule has 1 N–H and O–H groups in total. The van der Waals surface area contributed by atoms with Crippen LogP contribution in [-0.2, 0) is 6.42 Å². The summed E-state index contributed by atoms with van der Waals surface area (Å²) in [6.07, 6.45) is 4.60. The van der Waals surface area contributed by atoms with Crippen molar-refractivity contribution >= 4 is 16.6 Å². The lowest BCUT2D eigenvalue weighted by molar-refractivity contribution is 0.414. The number of likely N-dealkylation sites (N-methyl/N-ethyl adjacent to an activating group) is 1. The van der Waals surface area contributed by atoms with Crippen molar-refractivity contribution in [3.63, 3.8) is 0 Å². The van der Waals surface area contributed by atoms with Gasteiger partial charge in [-0.15, -0.1) is 0 Å². The summed E-state index contributed by atoms with van der Waals surface area (Å²) in [6.45, 7) is 3.52. The lowest BCUT2D eigenvalue weighted by Gasteiger charge is -2.33. The number of rotatable bonds is 4. The molecule has 0 radical (unpaired) electrons. The van der Waals surface area contributed by atoms with Crippen molar-refractivity contribution in [2.24, 2.45) is 0 Å². The summed E-state index contributed by atoms with van der Waals surface area (Å²) in [5.41, 5.74) is 4.06. The minimum atomic E-state index is 1.10. The molecule has 1 fully saturated rings. The number of nitrogens with one attached hydrogen (secondary N) is 1. The van der Waals surface area contributed by atoms with E-state index in [0.29, 0.717) is 0 Å². The number of nitrogens with zero attached hydrogens (tertiary/aromatic N) is 2. The predicted molar refractivity (Wildman–Crippen MR) is 77.4 cm³/mol. The molecule has 0 atom stereocenters. The van der Waals surface area contributed by atoms with Crippen LogP contribution in [0, 0.1) is 0 Å². The molecule has 0 bridgehead atoms. The molecule has 0 spiro atoms. The SMILES string of the molecule is CN(C)CCc1c[nH]c2ccc(N3CCC3)cc12. The van der Waals surface area contributed by atoms with Gasteiger partial charge in [-0.2, -0.15) is 0 Å². The van der Waals surface area contributed by atoms with Crippen molar-refractivity contribution in [1.29, 1.82) is 0 Å². The van der Waals surface area contributed by atoms with Crippen molar-refractivity contribution in [1.82, 2.24) is 9.88 Å². The Kier molecular flexibility index (Phi) is 3.00. The Hall–Kier alpha value is -1.48. The van der Waals surface area contributed by atoms with Crippen LogP contribution in [0.2, 0.25) is 0 Å². The molecule has 2 aromatic rings. The molecule has 3 heteroatoms. The van der Waals surface area contributed by atoms with Crippen molar-refractivity contribution in [2.45, 2.75) is 12.8 Å². The first kappa shape index (κ1) is 11.6. The third kappa shape index (κ3) is 2.10. The van der Waals surface area contributed by atoms with Crippen molar-refractivity contribution in [3.05, 3.63) is 30.0 Å². The van der Waals surface area contributed by atoms with Gasteiger partial charge in [0.05, 0.1) is 0 Å². The molecule has 18 heavy (non-hydrogen) atoms. The first-order valence-corrected chi connectivity index (χ1v) is 6.74. The van der Waals surface area contributed by atoms with E-state index >= 15 is 0 Å². The average molecular weight is 243 g/mol. The van der Waals surface area contributed by atoms with Gasteiger partial charge in [0.1, 0.15) is 0 Å². The number of benzene rings is 1. The molecular formula is C15H21N3. The zero-order chi connectivity index (χ0) is 12.5. The average Bonchev–Trinajstić information content (AvgIpc) is 2.66. The molecule has 1 aromatic carbocycles. The lowest BCUT2D eigenvalue weighted by atomic mass is 10.1. The molecule has 0 saturated carbocycles. The van der Waals surface area contributed by atoms with E-state index in [1.54, 1.807) is 0 Å². The molecule has 0 aliphatic carbocycles. The topological polar surface area (TPSA) is 22.3 Å². The Labute approximate surface area is 108 Å². The normalized spacial score (nSPS) is 15.4. The first-order valence-electron chi connectivity index (χ1n) is 6.74.